The van der Waals surface area contributed by atoms with Crippen LogP contribution < -0.4 is 10.6 Å². The number of carbonyl (C=O) groups excluding carboxylic acids is 1. The minimum Gasteiger partial charge on any atom is -0.351 e. The third kappa shape index (κ3) is 2.67. The van der Waals surface area contributed by atoms with Crippen LogP contribution in [0.3, 0.4) is 0 Å². The summed E-state index contributed by atoms with van der Waals surface area (Å²) in [7, 11) is 0. The fourth-order valence-electron chi connectivity index (χ4n) is 2.13. The van der Waals surface area contributed by atoms with Crippen molar-refractivity contribution in [1.82, 2.24) is 10.6 Å². The zero-order chi connectivity index (χ0) is 12.3. The molecule has 0 aromatic heterocycles. The van der Waals surface area contributed by atoms with Crippen molar-refractivity contribution in [2.75, 3.05) is 13.1 Å². The Bertz CT molecular complexity index is 380. The lowest BCUT2D eigenvalue weighted by Crippen LogP contribution is -2.45. The van der Waals surface area contributed by atoms with Crippen LogP contribution in [0.25, 0.3) is 0 Å². The first kappa shape index (κ1) is 12.1. The first-order valence-electron chi connectivity index (χ1n) is 6.18. The Morgan fingerprint density at radius 2 is 2.06 bits per heavy atom. The van der Waals surface area contributed by atoms with Crippen LogP contribution in [0.1, 0.15) is 25.8 Å². The van der Waals surface area contributed by atoms with E-state index >= 15 is 0 Å². The van der Waals surface area contributed by atoms with Gasteiger partial charge in [-0.3, -0.25) is 4.79 Å². The van der Waals surface area contributed by atoms with Crippen molar-refractivity contribution in [3.05, 3.63) is 35.9 Å². The Hall–Kier alpha value is -1.35. The molecule has 1 aromatic carbocycles. The molecular weight excluding hydrogens is 212 g/mol. The average molecular weight is 232 g/mol. The highest BCUT2D eigenvalue weighted by molar-refractivity contribution is 5.87. The third-order valence-corrected chi connectivity index (χ3v) is 3.46. The standard InChI is InChI=1S/C14H20N2O/c1-14(2,11-6-4-3-5-7-11)13(17)16-12-8-9-15-10-12/h3-7,12,15H,8-10H2,1-2H3,(H,16,17)/t12-/m1/s1. The van der Waals surface area contributed by atoms with Gasteiger partial charge in [-0.2, -0.15) is 0 Å². The Labute approximate surface area is 103 Å². The van der Waals surface area contributed by atoms with Gasteiger partial charge in [-0.05, 0) is 32.4 Å². The highest BCUT2D eigenvalue weighted by Gasteiger charge is 2.31. The van der Waals surface area contributed by atoms with Crippen molar-refractivity contribution in [3.63, 3.8) is 0 Å². The highest BCUT2D eigenvalue weighted by Crippen LogP contribution is 2.23. The van der Waals surface area contributed by atoms with Gasteiger partial charge in [0.05, 0.1) is 5.41 Å². The number of benzene rings is 1. The summed E-state index contributed by atoms with van der Waals surface area (Å²) < 4.78 is 0. The van der Waals surface area contributed by atoms with E-state index in [4.69, 9.17) is 0 Å². The zero-order valence-corrected chi connectivity index (χ0v) is 10.5. The van der Waals surface area contributed by atoms with E-state index < -0.39 is 5.41 Å². The lowest BCUT2D eigenvalue weighted by Gasteiger charge is -2.26. The Balaban J connectivity index is 2.06. The molecule has 0 unspecified atom stereocenters. The van der Waals surface area contributed by atoms with Gasteiger partial charge in [-0.1, -0.05) is 30.3 Å². The minimum absolute atomic E-state index is 0.109. The second-order valence-electron chi connectivity index (χ2n) is 5.15. The summed E-state index contributed by atoms with van der Waals surface area (Å²) in [5, 5.41) is 6.37. The van der Waals surface area contributed by atoms with Crippen LogP contribution in [0, 0.1) is 0 Å². The molecule has 1 atom stereocenters. The van der Waals surface area contributed by atoms with Crippen LogP contribution in [0.15, 0.2) is 30.3 Å². The van der Waals surface area contributed by atoms with Crippen molar-refractivity contribution in [1.29, 1.82) is 0 Å². The molecular formula is C14H20N2O. The van der Waals surface area contributed by atoms with E-state index in [-0.39, 0.29) is 11.9 Å². The SMILES string of the molecule is CC(C)(C(=O)N[C@@H]1CCNC1)c1ccccc1. The fourth-order valence-corrected chi connectivity index (χ4v) is 2.13. The molecule has 0 aliphatic carbocycles. The summed E-state index contributed by atoms with van der Waals surface area (Å²) >= 11 is 0. The molecule has 2 N–H and O–H groups in total. The molecule has 1 aromatic rings. The molecule has 2 rings (SSSR count). The molecule has 0 spiro atoms. The molecule has 1 heterocycles. The first-order chi connectivity index (χ1) is 8.10. The van der Waals surface area contributed by atoms with E-state index in [1.807, 2.05) is 44.2 Å². The van der Waals surface area contributed by atoms with Gasteiger partial charge in [0, 0.05) is 12.6 Å². The van der Waals surface area contributed by atoms with Crippen LogP contribution in [-0.4, -0.2) is 25.0 Å². The molecule has 0 bridgehead atoms. The molecule has 1 amide bonds. The maximum atomic E-state index is 12.3. The Morgan fingerprint density at radius 3 is 2.65 bits per heavy atom. The topological polar surface area (TPSA) is 41.1 Å². The van der Waals surface area contributed by atoms with Gasteiger partial charge in [0.25, 0.3) is 0 Å². The van der Waals surface area contributed by atoms with E-state index in [1.165, 1.54) is 0 Å². The Kier molecular flexibility index (Phi) is 3.48. The van der Waals surface area contributed by atoms with E-state index in [1.54, 1.807) is 0 Å². The number of amides is 1. The number of carbonyl (C=O) groups is 1. The van der Waals surface area contributed by atoms with Crippen molar-refractivity contribution in [2.24, 2.45) is 0 Å². The van der Waals surface area contributed by atoms with Gasteiger partial charge < -0.3 is 10.6 Å². The number of rotatable bonds is 3. The molecule has 1 saturated heterocycles. The second kappa shape index (κ2) is 4.88. The molecule has 3 heteroatoms. The normalized spacial score (nSPS) is 20.2. The van der Waals surface area contributed by atoms with Crippen molar-refractivity contribution < 1.29 is 4.79 Å². The highest BCUT2D eigenvalue weighted by atomic mass is 16.2. The van der Waals surface area contributed by atoms with Crippen LogP contribution in [0.5, 0.6) is 0 Å². The van der Waals surface area contributed by atoms with Crippen LogP contribution in [-0.2, 0) is 10.2 Å². The maximum absolute atomic E-state index is 12.3. The fraction of sp³-hybridized carbons (Fsp3) is 0.500. The number of nitrogens with one attached hydrogen (secondary N) is 2. The van der Waals surface area contributed by atoms with Crippen molar-refractivity contribution in [3.8, 4) is 0 Å². The van der Waals surface area contributed by atoms with Gasteiger partial charge in [-0.25, -0.2) is 0 Å². The lowest BCUT2D eigenvalue weighted by molar-refractivity contribution is -0.126. The van der Waals surface area contributed by atoms with Gasteiger partial charge >= 0.3 is 0 Å². The predicted molar refractivity (Wildman–Crippen MR) is 68.9 cm³/mol. The molecule has 1 aliphatic heterocycles. The second-order valence-corrected chi connectivity index (χ2v) is 5.15. The Morgan fingerprint density at radius 1 is 1.35 bits per heavy atom. The molecule has 1 aliphatic rings. The van der Waals surface area contributed by atoms with E-state index in [9.17, 15) is 4.79 Å². The monoisotopic (exact) mass is 232 g/mol. The molecule has 17 heavy (non-hydrogen) atoms. The largest absolute Gasteiger partial charge is 0.351 e. The van der Waals surface area contributed by atoms with Crippen molar-refractivity contribution >= 4 is 5.91 Å². The summed E-state index contributed by atoms with van der Waals surface area (Å²) in [6.45, 7) is 5.83. The number of hydrogen-bond donors (Lipinski definition) is 2. The van der Waals surface area contributed by atoms with Gasteiger partial charge in [0.2, 0.25) is 5.91 Å². The lowest BCUT2D eigenvalue weighted by atomic mass is 9.83. The summed E-state index contributed by atoms with van der Waals surface area (Å²) in [6.07, 6.45) is 1.02. The average Bonchev–Trinajstić information content (AvgIpc) is 2.83. The van der Waals surface area contributed by atoms with Crippen molar-refractivity contribution in [2.45, 2.75) is 31.7 Å². The van der Waals surface area contributed by atoms with Crippen LogP contribution in [0.4, 0.5) is 0 Å². The smallest absolute Gasteiger partial charge is 0.230 e. The molecule has 1 fully saturated rings. The van der Waals surface area contributed by atoms with Crippen LogP contribution >= 0.6 is 0 Å². The first-order valence-corrected chi connectivity index (χ1v) is 6.18. The van der Waals surface area contributed by atoms with Gasteiger partial charge in [-0.15, -0.1) is 0 Å². The molecule has 0 saturated carbocycles. The quantitative estimate of drug-likeness (QED) is 0.828. The van der Waals surface area contributed by atoms with E-state index in [0.29, 0.717) is 0 Å². The number of hydrogen-bond acceptors (Lipinski definition) is 2. The van der Waals surface area contributed by atoms with Gasteiger partial charge in [0.1, 0.15) is 0 Å². The maximum Gasteiger partial charge on any atom is 0.230 e. The minimum atomic E-state index is -0.468. The summed E-state index contributed by atoms with van der Waals surface area (Å²) in [5.41, 5.74) is 0.590. The molecule has 92 valence electrons. The summed E-state index contributed by atoms with van der Waals surface area (Å²) in [5.74, 6) is 0.109. The molecule has 3 nitrogen and oxygen atoms in total. The molecule has 0 radical (unpaired) electrons. The zero-order valence-electron chi connectivity index (χ0n) is 10.5. The summed E-state index contributed by atoms with van der Waals surface area (Å²) in [4.78, 5) is 12.3. The summed E-state index contributed by atoms with van der Waals surface area (Å²) in [6, 6.07) is 10.2. The van der Waals surface area contributed by atoms with Crippen LogP contribution in [0.2, 0.25) is 0 Å². The van der Waals surface area contributed by atoms with Gasteiger partial charge in [0.15, 0.2) is 0 Å². The third-order valence-electron chi connectivity index (χ3n) is 3.46. The van der Waals surface area contributed by atoms with E-state index in [2.05, 4.69) is 10.6 Å². The predicted octanol–water partition coefficient (Wildman–Crippen LogP) is 1.44. The van der Waals surface area contributed by atoms with E-state index in [0.717, 1.165) is 25.1 Å².